The molecular weight excluding hydrogens is 354 g/mol. The molecule has 0 fully saturated rings. The van der Waals surface area contributed by atoms with Crippen molar-refractivity contribution in [3.63, 3.8) is 0 Å². The Labute approximate surface area is 156 Å². The number of hydrogen-bond donors (Lipinski definition) is 1. The summed E-state index contributed by atoms with van der Waals surface area (Å²) in [6, 6.07) is 7.09. The molecule has 2 heterocycles. The third-order valence-electron chi connectivity index (χ3n) is 3.83. The van der Waals surface area contributed by atoms with Gasteiger partial charge in [0.15, 0.2) is 6.73 Å². The summed E-state index contributed by atoms with van der Waals surface area (Å²) in [4.78, 5) is 12.2. The molecule has 1 N–H and O–H groups in total. The van der Waals surface area contributed by atoms with Crippen molar-refractivity contribution >= 4 is 17.5 Å². The zero-order chi connectivity index (χ0) is 18.5. The summed E-state index contributed by atoms with van der Waals surface area (Å²) < 4.78 is 9.04. The quantitative estimate of drug-likeness (QED) is 0.690. The SMILES string of the molecule is CCn1cc(CNC(=O)c2ccn(COc3ccc(Cl)c(C)c3)n2)cn1. The van der Waals surface area contributed by atoms with E-state index in [0.29, 0.717) is 23.0 Å². The van der Waals surface area contributed by atoms with Crippen LogP contribution in [-0.2, 0) is 19.8 Å². The lowest BCUT2D eigenvalue weighted by atomic mass is 10.2. The monoisotopic (exact) mass is 373 g/mol. The van der Waals surface area contributed by atoms with Gasteiger partial charge in [-0.2, -0.15) is 10.2 Å². The van der Waals surface area contributed by atoms with E-state index < -0.39 is 0 Å². The number of aromatic nitrogens is 4. The number of ether oxygens (including phenoxy) is 1. The first-order valence-electron chi connectivity index (χ1n) is 8.27. The molecule has 3 aromatic rings. The Morgan fingerprint density at radius 3 is 2.88 bits per heavy atom. The van der Waals surface area contributed by atoms with Crippen LogP contribution in [0.5, 0.6) is 5.75 Å². The van der Waals surface area contributed by atoms with Crippen molar-refractivity contribution < 1.29 is 9.53 Å². The van der Waals surface area contributed by atoms with Gasteiger partial charge in [0, 0.05) is 36.1 Å². The van der Waals surface area contributed by atoms with Gasteiger partial charge in [-0.25, -0.2) is 4.68 Å². The van der Waals surface area contributed by atoms with Crippen molar-refractivity contribution in [1.29, 1.82) is 0 Å². The van der Waals surface area contributed by atoms with Crippen molar-refractivity contribution in [3.05, 3.63) is 64.7 Å². The van der Waals surface area contributed by atoms with Crippen LogP contribution in [0.15, 0.2) is 42.9 Å². The summed E-state index contributed by atoms with van der Waals surface area (Å²) in [6.07, 6.45) is 5.35. The third kappa shape index (κ3) is 4.43. The zero-order valence-electron chi connectivity index (χ0n) is 14.6. The molecule has 0 saturated carbocycles. The number of rotatable bonds is 7. The van der Waals surface area contributed by atoms with Crippen LogP contribution in [0.25, 0.3) is 0 Å². The molecule has 0 radical (unpaired) electrons. The van der Waals surface area contributed by atoms with Crippen LogP contribution in [0.4, 0.5) is 0 Å². The van der Waals surface area contributed by atoms with E-state index in [1.807, 2.05) is 30.8 Å². The van der Waals surface area contributed by atoms with E-state index in [-0.39, 0.29) is 12.6 Å². The molecule has 0 saturated heterocycles. The van der Waals surface area contributed by atoms with Crippen molar-refractivity contribution in [3.8, 4) is 5.75 Å². The van der Waals surface area contributed by atoms with Crippen molar-refractivity contribution in [2.24, 2.45) is 0 Å². The molecule has 7 nitrogen and oxygen atoms in total. The molecule has 0 bridgehead atoms. The maximum Gasteiger partial charge on any atom is 0.272 e. The molecule has 0 spiro atoms. The minimum Gasteiger partial charge on any atom is -0.471 e. The Morgan fingerprint density at radius 1 is 1.31 bits per heavy atom. The number of aryl methyl sites for hydroxylation is 2. The fourth-order valence-electron chi connectivity index (χ4n) is 2.35. The molecule has 0 aliphatic heterocycles. The van der Waals surface area contributed by atoms with Crippen LogP contribution in [0, 0.1) is 6.92 Å². The van der Waals surface area contributed by atoms with Gasteiger partial charge in [-0.05, 0) is 43.7 Å². The minimum absolute atomic E-state index is 0.206. The average molecular weight is 374 g/mol. The smallest absolute Gasteiger partial charge is 0.272 e. The lowest BCUT2D eigenvalue weighted by Crippen LogP contribution is -2.23. The number of amides is 1. The molecule has 0 aliphatic carbocycles. The lowest BCUT2D eigenvalue weighted by Gasteiger charge is -2.07. The first-order valence-corrected chi connectivity index (χ1v) is 8.65. The van der Waals surface area contributed by atoms with Gasteiger partial charge in [0.05, 0.1) is 6.20 Å². The van der Waals surface area contributed by atoms with Gasteiger partial charge < -0.3 is 10.1 Å². The minimum atomic E-state index is -0.240. The molecule has 1 aromatic carbocycles. The first kappa shape index (κ1) is 18.0. The van der Waals surface area contributed by atoms with E-state index in [9.17, 15) is 4.79 Å². The highest BCUT2D eigenvalue weighted by Crippen LogP contribution is 2.21. The molecular formula is C18H20ClN5O2. The number of nitrogens with zero attached hydrogens (tertiary/aromatic N) is 4. The molecule has 2 aromatic heterocycles. The number of nitrogens with one attached hydrogen (secondary N) is 1. The molecule has 0 aliphatic rings. The molecule has 0 atom stereocenters. The van der Waals surface area contributed by atoms with Gasteiger partial charge in [-0.15, -0.1) is 0 Å². The maximum absolute atomic E-state index is 12.2. The maximum atomic E-state index is 12.2. The summed E-state index contributed by atoms with van der Waals surface area (Å²) in [5, 5.41) is 11.9. The van der Waals surface area contributed by atoms with E-state index in [0.717, 1.165) is 17.7 Å². The predicted molar refractivity (Wildman–Crippen MR) is 98.1 cm³/mol. The predicted octanol–water partition coefficient (Wildman–Crippen LogP) is 3.03. The van der Waals surface area contributed by atoms with Gasteiger partial charge in [0.25, 0.3) is 5.91 Å². The molecule has 136 valence electrons. The second-order valence-corrected chi connectivity index (χ2v) is 6.22. The van der Waals surface area contributed by atoms with Crippen LogP contribution >= 0.6 is 11.6 Å². The number of halogens is 1. The Kier molecular flexibility index (Phi) is 5.58. The normalized spacial score (nSPS) is 10.7. The largest absolute Gasteiger partial charge is 0.471 e. The highest BCUT2D eigenvalue weighted by molar-refractivity contribution is 6.31. The van der Waals surface area contributed by atoms with E-state index in [2.05, 4.69) is 15.5 Å². The van der Waals surface area contributed by atoms with Crippen LogP contribution in [0.3, 0.4) is 0 Å². The second-order valence-electron chi connectivity index (χ2n) is 5.81. The van der Waals surface area contributed by atoms with Gasteiger partial charge >= 0.3 is 0 Å². The van der Waals surface area contributed by atoms with E-state index >= 15 is 0 Å². The van der Waals surface area contributed by atoms with E-state index in [4.69, 9.17) is 16.3 Å². The Balaban J connectivity index is 1.53. The Bertz CT molecular complexity index is 903. The molecule has 3 rings (SSSR count). The highest BCUT2D eigenvalue weighted by Gasteiger charge is 2.10. The highest BCUT2D eigenvalue weighted by atomic mass is 35.5. The van der Waals surface area contributed by atoms with Gasteiger partial charge in [0.2, 0.25) is 0 Å². The van der Waals surface area contributed by atoms with Crippen LogP contribution < -0.4 is 10.1 Å². The van der Waals surface area contributed by atoms with Crippen LogP contribution in [0.2, 0.25) is 5.02 Å². The lowest BCUT2D eigenvalue weighted by molar-refractivity contribution is 0.0944. The summed E-state index contributed by atoms with van der Waals surface area (Å²) >= 11 is 6.00. The fourth-order valence-corrected chi connectivity index (χ4v) is 2.46. The van der Waals surface area contributed by atoms with Gasteiger partial charge in [-0.1, -0.05) is 11.6 Å². The number of hydrogen-bond acceptors (Lipinski definition) is 4. The summed E-state index contributed by atoms with van der Waals surface area (Å²) in [5.41, 5.74) is 2.22. The standard InChI is InChI=1S/C18H20ClN5O2/c1-3-23-11-14(10-21-23)9-20-18(25)17-6-7-24(22-17)12-26-15-4-5-16(19)13(2)8-15/h4-8,10-11H,3,9,12H2,1-2H3,(H,20,25). The van der Waals surface area contributed by atoms with Crippen molar-refractivity contribution in [2.45, 2.75) is 33.7 Å². The zero-order valence-corrected chi connectivity index (χ0v) is 15.4. The average Bonchev–Trinajstić information content (AvgIpc) is 3.30. The van der Waals surface area contributed by atoms with Gasteiger partial charge in [-0.3, -0.25) is 9.48 Å². The Morgan fingerprint density at radius 2 is 2.15 bits per heavy atom. The first-order chi connectivity index (χ1) is 12.5. The molecule has 0 unspecified atom stereocenters. The van der Waals surface area contributed by atoms with Crippen molar-refractivity contribution in [2.75, 3.05) is 0 Å². The number of carbonyl (C=O) groups excluding carboxylic acids is 1. The van der Waals surface area contributed by atoms with E-state index in [1.54, 1.807) is 35.3 Å². The topological polar surface area (TPSA) is 74.0 Å². The number of benzene rings is 1. The molecule has 26 heavy (non-hydrogen) atoms. The summed E-state index contributed by atoms with van der Waals surface area (Å²) in [6.45, 7) is 5.33. The van der Waals surface area contributed by atoms with Crippen LogP contribution in [0.1, 0.15) is 28.5 Å². The summed E-state index contributed by atoms with van der Waals surface area (Å²) in [7, 11) is 0. The fraction of sp³-hybridized carbons (Fsp3) is 0.278. The molecule has 8 heteroatoms. The van der Waals surface area contributed by atoms with E-state index in [1.165, 1.54) is 0 Å². The van der Waals surface area contributed by atoms with Gasteiger partial charge in [0.1, 0.15) is 11.4 Å². The Hall–Kier alpha value is -2.80. The third-order valence-corrected chi connectivity index (χ3v) is 4.25. The van der Waals surface area contributed by atoms with Crippen LogP contribution in [-0.4, -0.2) is 25.5 Å². The number of carbonyl (C=O) groups is 1. The second kappa shape index (κ2) is 8.05. The summed E-state index contributed by atoms with van der Waals surface area (Å²) in [5.74, 6) is 0.455. The van der Waals surface area contributed by atoms with Crippen molar-refractivity contribution in [1.82, 2.24) is 24.9 Å². The molecule has 1 amide bonds.